The molecule has 0 radical (unpaired) electrons. The van der Waals surface area contributed by atoms with Gasteiger partial charge in [-0.1, -0.05) is 6.07 Å². The fraction of sp³-hybridized carbons (Fsp3) is 0.316. The zero-order valence-corrected chi connectivity index (χ0v) is 16.5. The van der Waals surface area contributed by atoms with Crippen LogP contribution in [0.2, 0.25) is 0 Å². The van der Waals surface area contributed by atoms with Crippen LogP contribution in [0.4, 0.5) is 0 Å². The molecule has 2 heterocycles. The Balaban J connectivity index is 1.57. The maximum Gasteiger partial charge on any atom is 0.273 e. The van der Waals surface area contributed by atoms with Crippen LogP contribution in [0.1, 0.15) is 37.5 Å². The van der Waals surface area contributed by atoms with Crippen LogP contribution < -0.4 is 14.8 Å². The summed E-state index contributed by atoms with van der Waals surface area (Å²) in [7, 11) is 1.58. The Kier molecular flexibility index (Phi) is 5.75. The molecule has 7 nitrogen and oxygen atoms in total. The lowest BCUT2D eigenvalue weighted by atomic mass is 10.2. The van der Waals surface area contributed by atoms with Gasteiger partial charge in [-0.05, 0) is 38.5 Å². The number of methoxy groups -OCH3 is 1. The van der Waals surface area contributed by atoms with Gasteiger partial charge in [0.25, 0.3) is 5.91 Å². The van der Waals surface area contributed by atoms with Crippen LogP contribution in [0.3, 0.4) is 0 Å². The number of amides is 1. The molecule has 0 fully saturated rings. The predicted molar refractivity (Wildman–Crippen MR) is 101 cm³/mol. The van der Waals surface area contributed by atoms with Crippen LogP contribution in [0.25, 0.3) is 0 Å². The SMILES string of the molecule is COc1cc(C)ccc1OCc1nc(C(=O)NCc2nc(C)c(C)s2)co1. The standard InChI is InChI=1S/C19H21N3O4S/c1-11-5-6-15(16(7-11)24-4)25-10-17-22-14(9-26-17)19(23)20-8-18-21-12(2)13(3)27-18/h5-7,9H,8,10H2,1-4H3,(H,20,23). The molecule has 27 heavy (non-hydrogen) atoms. The van der Waals surface area contributed by atoms with E-state index in [2.05, 4.69) is 15.3 Å². The highest BCUT2D eigenvalue weighted by Gasteiger charge is 2.14. The van der Waals surface area contributed by atoms with Gasteiger partial charge in [-0.3, -0.25) is 4.79 Å². The van der Waals surface area contributed by atoms with Crippen molar-refractivity contribution in [2.45, 2.75) is 33.9 Å². The first-order valence-electron chi connectivity index (χ1n) is 8.39. The Morgan fingerprint density at radius 3 is 2.74 bits per heavy atom. The minimum absolute atomic E-state index is 0.0948. The summed E-state index contributed by atoms with van der Waals surface area (Å²) in [5, 5.41) is 3.65. The van der Waals surface area contributed by atoms with Gasteiger partial charge in [0.15, 0.2) is 23.8 Å². The predicted octanol–water partition coefficient (Wildman–Crippen LogP) is 3.57. The molecule has 0 saturated carbocycles. The third-order valence-electron chi connectivity index (χ3n) is 3.93. The minimum Gasteiger partial charge on any atom is -0.493 e. The van der Waals surface area contributed by atoms with Gasteiger partial charge in [0.2, 0.25) is 5.89 Å². The van der Waals surface area contributed by atoms with Crippen molar-refractivity contribution in [3.8, 4) is 11.5 Å². The molecule has 1 N–H and O–H groups in total. The van der Waals surface area contributed by atoms with Crippen molar-refractivity contribution in [1.29, 1.82) is 0 Å². The van der Waals surface area contributed by atoms with E-state index in [1.54, 1.807) is 18.4 Å². The van der Waals surface area contributed by atoms with Gasteiger partial charge < -0.3 is 19.2 Å². The quantitative estimate of drug-likeness (QED) is 0.667. The number of benzene rings is 1. The van der Waals surface area contributed by atoms with E-state index in [0.29, 0.717) is 23.9 Å². The summed E-state index contributed by atoms with van der Waals surface area (Å²) in [6.45, 7) is 6.38. The molecule has 3 rings (SSSR count). The number of rotatable bonds is 7. The summed E-state index contributed by atoms with van der Waals surface area (Å²) in [6.07, 6.45) is 1.32. The number of thiazole rings is 1. The maximum absolute atomic E-state index is 12.2. The van der Waals surface area contributed by atoms with E-state index >= 15 is 0 Å². The van der Waals surface area contributed by atoms with Gasteiger partial charge in [-0.15, -0.1) is 11.3 Å². The molecule has 0 saturated heterocycles. The Bertz CT molecular complexity index is 929. The second-order valence-corrected chi connectivity index (χ2v) is 7.29. The van der Waals surface area contributed by atoms with Crippen LogP contribution >= 0.6 is 11.3 Å². The van der Waals surface area contributed by atoms with E-state index in [0.717, 1.165) is 21.1 Å². The monoisotopic (exact) mass is 387 g/mol. The summed E-state index contributed by atoms with van der Waals surface area (Å²) < 4.78 is 16.3. The first-order valence-corrected chi connectivity index (χ1v) is 9.21. The summed E-state index contributed by atoms with van der Waals surface area (Å²) in [5.74, 6) is 1.21. The van der Waals surface area contributed by atoms with Gasteiger partial charge in [0.05, 0.1) is 19.3 Å². The highest BCUT2D eigenvalue weighted by atomic mass is 32.1. The molecular weight excluding hydrogens is 366 g/mol. The third-order valence-corrected chi connectivity index (χ3v) is 5.00. The van der Waals surface area contributed by atoms with Crippen molar-refractivity contribution in [2.75, 3.05) is 7.11 Å². The highest BCUT2D eigenvalue weighted by molar-refractivity contribution is 7.11. The number of ether oxygens (including phenoxy) is 2. The highest BCUT2D eigenvalue weighted by Crippen LogP contribution is 2.28. The van der Waals surface area contributed by atoms with E-state index in [-0.39, 0.29) is 18.2 Å². The van der Waals surface area contributed by atoms with Gasteiger partial charge in [-0.25, -0.2) is 9.97 Å². The molecule has 8 heteroatoms. The first-order chi connectivity index (χ1) is 13.0. The fourth-order valence-corrected chi connectivity index (χ4v) is 3.25. The number of carbonyl (C=O) groups is 1. The Hall–Kier alpha value is -2.87. The van der Waals surface area contributed by atoms with E-state index in [1.807, 2.05) is 39.0 Å². The van der Waals surface area contributed by atoms with Crippen LogP contribution in [-0.2, 0) is 13.2 Å². The van der Waals surface area contributed by atoms with E-state index < -0.39 is 0 Å². The second kappa shape index (κ2) is 8.22. The summed E-state index contributed by atoms with van der Waals surface area (Å²) in [6, 6.07) is 5.63. The van der Waals surface area contributed by atoms with Crippen LogP contribution in [-0.4, -0.2) is 23.0 Å². The van der Waals surface area contributed by atoms with E-state index in [1.165, 1.54) is 6.26 Å². The van der Waals surface area contributed by atoms with E-state index in [4.69, 9.17) is 13.9 Å². The van der Waals surface area contributed by atoms with Crippen molar-refractivity contribution >= 4 is 17.2 Å². The molecular formula is C19H21N3O4S. The second-order valence-electron chi connectivity index (χ2n) is 6.00. The molecule has 0 bridgehead atoms. The summed E-state index contributed by atoms with van der Waals surface area (Å²) in [4.78, 5) is 21.9. The van der Waals surface area contributed by atoms with Gasteiger partial charge in [-0.2, -0.15) is 0 Å². The molecule has 0 spiro atoms. The number of hydrogen-bond acceptors (Lipinski definition) is 7. The molecule has 3 aromatic rings. The number of hydrogen-bond donors (Lipinski definition) is 1. The number of nitrogens with zero attached hydrogens (tertiary/aromatic N) is 2. The number of aryl methyl sites for hydroxylation is 3. The summed E-state index contributed by atoms with van der Waals surface area (Å²) >= 11 is 1.57. The molecule has 1 aromatic carbocycles. The largest absolute Gasteiger partial charge is 0.493 e. The van der Waals surface area contributed by atoms with Crippen molar-refractivity contribution in [1.82, 2.24) is 15.3 Å². The number of nitrogens with one attached hydrogen (secondary N) is 1. The smallest absolute Gasteiger partial charge is 0.273 e. The Morgan fingerprint density at radius 1 is 1.22 bits per heavy atom. The third kappa shape index (κ3) is 4.65. The van der Waals surface area contributed by atoms with Crippen molar-refractivity contribution in [2.24, 2.45) is 0 Å². The molecule has 0 atom stereocenters. The van der Waals surface area contributed by atoms with Crippen LogP contribution in [0.15, 0.2) is 28.9 Å². The lowest BCUT2D eigenvalue weighted by molar-refractivity contribution is 0.0945. The Morgan fingerprint density at radius 2 is 2.04 bits per heavy atom. The lowest BCUT2D eigenvalue weighted by Gasteiger charge is -2.09. The van der Waals surface area contributed by atoms with Gasteiger partial charge in [0, 0.05) is 4.88 Å². The maximum atomic E-state index is 12.2. The molecule has 142 valence electrons. The zero-order valence-electron chi connectivity index (χ0n) is 15.7. The number of carbonyl (C=O) groups excluding carboxylic acids is 1. The molecule has 0 aliphatic heterocycles. The topological polar surface area (TPSA) is 86.5 Å². The van der Waals surface area contributed by atoms with Crippen LogP contribution in [0, 0.1) is 20.8 Å². The van der Waals surface area contributed by atoms with Gasteiger partial charge in [0.1, 0.15) is 11.3 Å². The van der Waals surface area contributed by atoms with Crippen molar-refractivity contribution in [3.05, 3.63) is 57.2 Å². The first kappa shape index (κ1) is 18.9. The average molecular weight is 387 g/mol. The summed E-state index contributed by atoms with van der Waals surface area (Å²) in [5.41, 5.74) is 2.26. The molecule has 2 aromatic heterocycles. The number of oxazole rings is 1. The average Bonchev–Trinajstić information content (AvgIpc) is 3.25. The van der Waals surface area contributed by atoms with Crippen molar-refractivity contribution < 1.29 is 18.7 Å². The molecule has 0 aliphatic carbocycles. The normalized spacial score (nSPS) is 10.7. The van der Waals surface area contributed by atoms with E-state index in [9.17, 15) is 4.79 Å². The lowest BCUT2D eigenvalue weighted by Crippen LogP contribution is -2.23. The molecule has 0 aliphatic rings. The zero-order chi connectivity index (χ0) is 19.4. The molecule has 0 unspecified atom stereocenters. The number of aromatic nitrogens is 2. The van der Waals surface area contributed by atoms with Gasteiger partial charge >= 0.3 is 0 Å². The fourth-order valence-electron chi connectivity index (χ4n) is 2.38. The van der Waals surface area contributed by atoms with Crippen molar-refractivity contribution in [3.63, 3.8) is 0 Å². The van der Waals surface area contributed by atoms with Crippen LogP contribution in [0.5, 0.6) is 11.5 Å². The molecule has 1 amide bonds. The Labute approximate surface area is 161 Å². The minimum atomic E-state index is -0.316.